The van der Waals surface area contributed by atoms with E-state index in [-0.39, 0.29) is 5.52 Å². The molecule has 3 aromatic rings. The summed E-state index contributed by atoms with van der Waals surface area (Å²) in [4.78, 5) is 32.9. The van der Waals surface area contributed by atoms with Crippen molar-refractivity contribution in [2.24, 2.45) is 0 Å². The van der Waals surface area contributed by atoms with Crippen molar-refractivity contribution in [2.75, 3.05) is 6.61 Å². The maximum Gasteiger partial charge on any atom is 0.330 e. The predicted molar refractivity (Wildman–Crippen MR) is 89.4 cm³/mol. The number of hydrogen-bond donors (Lipinski definition) is 2. The normalized spacial score (nSPS) is 11.2. The van der Waals surface area contributed by atoms with Crippen LogP contribution < -0.4 is 11.2 Å². The van der Waals surface area contributed by atoms with E-state index in [2.05, 4.69) is 30.9 Å². The lowest BCUT2D eigenvalue weighted by Gasteiger charge is -2.07. The Morgan fingerprint density at radius 1 is 1.17 bits per heavy atom. The molecule has 0 atom stereocenters. The molecule has 0 aliphatic heterocycles. The first-order valence-electron chi connectivity index (χ1n) is 7.15. The van der Waals surface area contributed by atoms with E-state index in [0.29, 0.717) is 36.6 Å². The first kappa shape index (κ1) is 15.7. The molecule has 8 heteroatoms. The van der Waals surface area contributed by atoms with Gasteiger partial charge in [0.1, 0.15) is 0 Å². The highest BCUT2D eigenvalue weighted by Gasteiger charge is 2.11. The Balaban J connectivity index is 1.63. The third kappa shape index (κ3) is 3.59. The third-order valence-electron chi connectivity index (χ3n) is 3.39. The minimum absolute atomic E-state index is 0.279. The van der Waals surface area contributed by atoms with E-state index in [1.807, 2.05) is 30.3 Å². The zero-order valence-electron chi connectivity index (χ0n) is 12.2. The van der Waals surface area contributed by atoms with Crippen LogP contribution in [-0.4, -0.2) is 26.1 Å². The van der Waals surface area contributed by atoms with E-state index in [1.54, 1.807) is 0 Å². The number of fused-ring (bicyclic) bond motifs is 1. The highest BCUT2D eigenvalue weighted by atomic mass is 79.9. The molecule has 0 aliphatic rings. The van der Waals surface area contributed by atoms with Gasteiger partial charge in [0, 0.05) is 13.2 Å². The van der Waals surface area contributed by atoms with Crippen LogP contribution in [0.15, 0.2) is 44.7 Å². The fourth-order valence-electron chi connectivity index (χ4n) is 2.31. The fourth-order valence-corrected chi connectivity index (χ4v) is 2.68. The molecule has 2 N–H and O–H groups in total. The zero-order valence-corrected chi connectivity index (χ0v) is 13.8. The molecule has 23 heavy (non-hydrogen) atoms. The summed E-state index contributed by atoms with van der Waals surface area (Å²) in [5.41, 5.74) is 0.784. The van der Waals surface area contributed by atoms with Gasteiger partial charge in [-0.05, 0) is 27.9 Å². The van der Waals surface area contributed by atoms with E-state index >= 15 is 0 Å². The SMILES string of the molecule is O=c1[nH]c(=O)n(CCCOCc2ccccc2)c2nc(Br)[nH]c12. The van der Waals surface area contributed by atoms with Crippen molar-refractivity contribution >= 4 is 27.1 Å². The lowest BCUT2D eigenvalue weighted by Crippen LogP contribution is -2.30. The van der Waals surface area contributed by atoms with E-state index in [4.69, 9.17) is 4.74 Å². The molecule has 1 aromatic carbocycles. The number of imidazole rings is 1. The highest BCUT2D eigenvalue weighted by molar-refractivity contribution is 9.10. The van der Waals surface area contributed by atoms with Gasteiger partial charge in [0.25, 0.3) is 5.56 Å². The first-order valence-corrected chi connectivity index (χ1v) is 7.94. The predicted octanol–water partition coefficient (Wildman–Crippen LogP) is 1.78. The van der Waals surface area contributed by atoms with E-state index < -0.39 is 11.2 Å². The van der Waals surface area contributed by atoms with Gasteiger partial charge < -0.3 is 9.72 Å². The van der Waals surface area contributed by atoms with Crippen molar-refractivity contribution < 1.29 is 4.74 Å². The maximum absolute atomic E-state index is 11.9. The summed E-state index contributed by atoms with van der Waals surface area (Å²) in [7, 11) is 0. The van der Waals surface area contributed by atoms with Crippen LogP contribution in [0.3, 0.4) is 0 Å². The number of nitrogens with zero attached hydrogens (tertiary/aromatic N) is 2. The molecule has 0 saturated carbocycles. The largest absolute Gasteiger partial charge is 0.377 e. The molecule has 0 radical (unpaired) electrons. The monoisotopic (exact) mass is 378 g/mol. The number of aromatic nitrogens is 4. The molecule has 0 saturated heterocycles. The van der Waals surface area contributed by atoms with Gasteiger partial charge in [0.2, 0.25) is 0 Å². The van der Waals surface area contributed by atoms with Gasteiger partial charge in [-0.3, -0.25) is 14.3 Å². The third-order valence-corrected chi connectivity index (χ3v) is 3.76. The van der Waals surface area contributed by atoms with Gasteiger partial charge in [0.05, 0.1) is 6.61 Å². The molecule has 2 heterocycles. The first-order chi connectivity index (χ1) is 11.1. The number of rotatable bonds is 6. The second-order valence-electron chi connectivity index (χ2n) is 5.03. The molecule has 120 valence electrons. The average Bonchev–Trinajstić information content (AvgIpc) is 2.93. The number of H-pyrrole nitrogens is 2. The molecule has 2 aromatic heterocycles. The van der Waals surface area contributed by atoms with Crippen LogP contribution in [0.1, 0.15) is 12.0 Å². The molecule has 0 amide bonds. The van der Waals surface area contributed by atoms with Crippen molar-refractivity contribution in [3.8, 4) is 0 Å². The lowest BCUT2D eigenvalue weighted by molar-refractivity contribution is 0.115. The van der Waals surface area contributed by atoms with E-state index in [9.17, 15) is 9.59 Å². The fraction of sp³-hybridized carbons (Fsp3) is 0.267. The Kier molecular flexibility index (Phi) is 4.73. The number of hydrogen-bond acceptors (Lipinski definition) is 4. The minimum Gasteiger partial charge on any atom is -0.377 e. The maximum atomic E-state index is 11.9. The Hall–Kier alpha value is -2.19. The quantitative estimate of drug-likeness (QED) is 0.505. The molecular weight excluding hydrogens is 364 g/mol. The van der Waals surface area contributed by atoms with Gasteiger partial charge >= 0.3 is 5.69 Å². The summed E-state index contributed by atoms with van der Waals surface area (Å²) in [6.45, 7) is 1.45. The number of halogens is 1. The summed E-state index contributed by atoms with van der Waals surface area (Å²) in [5.74, 6) is 0. The molecule has 0 unspecified atom stereocenters. The van der Waals surface area contributed by atoms with Crippen molar-refractivity contribution in [1.82, 2.24) is 19.5 Å². The highest BCUT2D eigenvalue weighted by Crippen LogP contribution is 2.10. The van der Waals surface area contributed by atoms with Crippen LogP contribution in [0.5, 0.6) is 0 Å². The standard InChI is InChI=1S/C15H15BrN4O3/c16-14-17-11-12(18-14)20(15(22)19-13(11)21)7-4-8-23-9-10-5-2-1-3-6-10/h1-3,5-6H,4,7-9H2,(H,17,18)(H,19,21,22). The lowest BCUT2D eigenvalue weighted by atomic mass is 10.2. The number of nitrogens with one attached hydrogen (secondary N) is 2. The van der Waals surface area contributed by atoms with E-state index in [0.717, 1.165) is 5.56 Å². The molecule has 3 rings (SSSR count). The second kappa shape index (κ2) is 6.93. The number of aryl methyl sites for hydroxylation is 1. The topological polar surface area (TPSA) is 92.8 Å². The average molecular weight is 379 g/mol. The summed E-state index contributed by atoms with van der Waals surface area (Å²) < 4.78 is 7.45. The molecule has 0 bridgehead atoms. The second-order valence-corrected chi connectivity index (χ2v) is 5.78. The summed E-state index contributed by atoms with van der Waals surface area (Å²) in [6.07, 6.45) is 0.637. The summed E-state index contributed by atoms with van der Waals surface area (Å²) in [6, 6.07) is 9.88. The van der Waals surface area contributed by atoms with Crippen molar-refractivity contribution in [3.05, 3.63) is 61.5 Å². The van der Waals surface area contributed by atoms with Crippen LogP contribution in [0.2, 0.25) is 0 Å². The van der Waals surface area contributed by atoms with Crippen LogP contribution in [0, 0.1) is 0 Å². The van der Waals surface area contributed by atoms with Gasteiger partial charge in [-0.25, -0.2) is 9.78 Å². The Labute approximate surface area is 139 Å². The Morgan fingerprint density at radius 3 is 2.74 bits per heavy atom. The van der Waals surface area contributed by atoms with Gasteiger partial charge in [0.15, 0.2) is 15.9 Å². The van der Waals surface area contributed by atoms with Crippen LogP contribution >= 0.6 is 15.9 Å². The van der Waals surface area contributed by atoms with Crippen LogP contribution in [-0.2, 0) is 17.9 Å². The Morgan fingerprint density at radius 2 is 1.96 bits per heavy atom. The smallest absolute Gasteiger partial charge is 0.330 e. The van der Waals surface area contributed by atoms with Crippen molar-refractivity contribution in [3.63, 3.8) is 0 Å². The van der Waals surface area contributed by atoms with Crippen molar-refractivity contribution in [1.29, 1.82) is 0 Å². The van der Waals surface area contributed by atoms with Crippen LogP contribution in [0.25, 0.3) is 11.2 Å². The van der Waals surface area contributed by atoms with Crippen LogP contribution in [0.4, 0.5) is 0 Å². The zero-order chi connectivity index (χ0) is 16.2. The van der Waals surface area contributed by atoms with Gasteiger partial charge in [-0.15, -0.1) is 0 Å². The molecule has 0 spiro atoms. The number of benzene rings is 1. The molecule has 7 nitrogen and oxygen atoms in total. The Bertz CT molecular complexity index is 914. The van der Waals surface area contributed by atoms with Gasteiger partial charge in [-0.2, -0.15) is 0 Å². The summed E-state index contributed by atoms with van der Waals surface area (Å²) >= 11 is 3.18. The molecule has 0 fully saturated rings. The minimum atomic E-state index is -0.472. The summed E-state index contributed by atoms with van der Waals surface area (Å²) in [5, 5.41) is 0. The van der Waals surface area contributed by atoms with E-state index in [1.165, 1.54) is 4.57 Å². The van der Waals surface area contributed by atoms with Gasteiger partial charge in [-0.1, -0.05) is 30.3 Å². The number of ether oxygens (including phenoxy) is 1. The number of aromatic amines is 2. The van der Waals surface area contributed by atoms with Crippen molar-refractivity contribution in [2.45, 2.75) is 19.6 Å². The molecular formula is C15H15BrN4O3. The molecule has 0 aliphatic carbocycles.